The molecule has 0 radical (unpaired) electrons. The van der Waals surface area contributed by atoms with Crippen LogP contribution in [0.4, 0.5) is 0 Å². The Morgan fingerprint density at radius 2 is 2.09 bits per heavy atom. The van der Waals surface area contributed by atoms with Gasteiger partial charge in [0.25, 0.3) is 5.91 Å². The average Bonchev–Trinajstić information content (AvgIpc) is 2.86. The van der Waals surface area contributed by atoms with Gasteiger partial charge in [-0.15, -0.1) is 11.3 Å². The molecule has 1 aromatic carbocycles. The van der Waals surface area contributed by atoms with Gasteiger partial charge >= 0.3 is 0 Å². The fraction of sp³-hybridized carbons (Fsp3) is 0.353. The molecule has 0 aliphatic rings. The first-order valence-corrected chi connectivity index (χ1v) is 9.14. The molecule has 1 aromatic heterocycles. The minimum absolute atomic E-state index is 0.0572. The third kappa shape index (κ3) is 5.81. The first-order chi connectivity index (χ1) is 11.0. The number of aryl methyl sites for hydroxylation is 1. The highest BCUT2D eigenvalue weighted by Gasteiger charge is 2.12. The highest BCUT2D eigenvalue weighted by molar-refractivity contribution is 7.10. The molecule has 1 atom stereocenters. The Morgan fingerprint density at radius 1 is 1.30 bits per heavy atom. The van der Waals surface area contributed by atoms with E-state index < -0.39 is 0 Å². The molecule has 0 saturated heterocycles. The fourth-order valence-electron chi connectivity index (χ4n) is 2.32. The summed E-state index contributed by atoms with van der Waals surface area (Å²) in [6.07, 6.45) is 0.699. The van der Waals surface area contributed by atoms with Crippen molar-refractivity contribution in [2.45, 2.75) is 19.9 Å². The minimum atomic E-state index is 0.0572. The monoisotopic (exact) mass is 371 g/mol. The summed E-state index contributed by atoms with van der Waals surface area (Å²) in [5.41, 5.74) is 2.29. The largest absolute Gasteiger partial charge is 0.351 e. The standard InChI is InChI=1S/C17H20Cl2N2OS/c1-12-6-8-23-16(12)10-21(2)11-17(22)20-7-5-13-3-4-14(18)9-15(13)19/h3-4,6,8-9H,5,7,10-11H2,1-2H3,(H,20,22)/p+1. The van der Waals surface area contributed by atoms with Gasteiger partial charge in [-0.2, -0.15) is 0 Å². The first-order valence-electron chi connectivity index (χ1n) is 7.50. The molecule has 6 heteroatoms. The molecule has 2 N–H and O–H groups in total. The molecule has 0 fully saturated rings. The van der Waals surface area contributed by atoms with E-state index in [0.29, 0.717) is 29.6 Å². The molecule has 3 nitrogen and oxygen atoms in total. The Hall–Kier alpha value is -1.07. The number of rotatable bonds is 7. The fourth-order valence-corrected chi connectivity index (χ4v) is 3.84. The predicted molar refractivity (Wildman–Crippen MR) is 97.7 cm³/mol. The van der Waals surface area contributed by atoms with E-state index in [1.807, 2.05) is 19.2 Å². The lowest BCUT2D eigenvalue weighted by molar-refractivity contribution is -0.885. The van der Waals surface area contributed by atoms with Gasteiger partial charge in [0.05, 0.1) is 11.9 Å². The highest BCUT2D eigenvalue weighted by atomic mass is 35.5. The van der Waals surface area contributed by atoms with Crippen LogP contribution in [0.25, 0.3) is 0 Å². The maximum Gasteiger partial charge on any atom is 0.275 e. The Kier molecular flexibility index (Phi) is 6.90. The molecule has 0 saturated carbocycles. The van der Waals surface area contributed by atoms with Crippen LogP contribution in [0.5, 0.6) is 0 Å². The highest BCUT2D eigenvalue weighted by Crippen LogP contribution is 2.21. The summed E-state index contributed by atoms with van der Waals surface area (Å²) in [7, 11) is 2.04. The van der Waals surface area contributed by atoms with Crippen molar-refractivity contribution in [1.82, 2.24) is 5.32 Å². The van der Waals surface area contributed by atoms with E-state index in [2.05, 4.69) is 23.7 Å². The van der Waals surface area contributed by atoms with E-state index in [-0.39, 0.29) is 5.91 Å². The molecule has 0 aliphatic carbocycles. The van der Waals surface area contributed by atoms with Crippen LogP contribution in [0, 0.1) is 6.92 Å². The second-order valence-corrected chi connectivity index (χ2v) is 7.52. The molecule has 1 amide bonds. The van der Waals surface area contributed by atoms with Gasteiger partial charge < -0.3 is 10.2 Å². The van der Waals surface area contributed by atoms with Crippen LogP contribution in [0.3, 0.4) is 0 Å². The predicted octanol–water partition coefficient (Wildman–Crippen LogP) is 2.74. The summed E-state index contributed by atoms with van der Waals surface area (Å²) in [5.74, 6) is 0.0572. The molecule has 1 heterocycles. The molecule has 2 aromatic rings. The molecular weight excluding hydrogens is 351 g/mol. The lowest BCUT2D eigenvalue weighted by atomic mass is 10.1. The van der Waals surface area contributed by atoms with Gasteiger partial charge in [0, 0.05) is 16.6 Å². The summed E-state index contributed by atoms with van der Waals surface area (Å²) in [6.45, 7) is 4.02. The molecule has 23 heavy (non-hydrogen) atoms. The van der Waals surface area contributed by atoms with E-state index >= 15 is 0 Å². The van der Waals surface area contributed by atoms with E-state index in [0.717, 1.165) is 12.1 Å². The Morgan fingerprint density at radius 3 is 2.74 bits per heavy atom. The van der Waals surface area contributed by atoms with Crippen molar-refractivity contribution < 1.29 is 9.69 Å². The van der Waals surface area contributed by atoms with Crippen molar-refractivity contribution in [3.05, 3.63) is 55.7 Å². The lowest BCUT2D eigenvalue weighted by Gasteiger charge is -2.13. The molecule has 1 unspecified atom stereocenters. The van der Waals surface area contributed by atoms with Crippen molar-refractivity contribution >= 4 is 40.4 Å². The zero-order valence-corrected chi connectivity index (χ0v) is 15.6. The second-order valence-electron chi connectivity index (χ2n) is 5.67. The average molecular weight is 372 g/mol. The summed E-state index contributed by atoms with van der Waals surface area (Å²) < 4.78 is 0. The first kappa shape index (κ1) is 18.3. The SMILES string of the molecule is Cc1ccsc1C[NH+](C)CC(=O)NCCc1ccc(Cl)cc1Cl. The molecule has 124 valence electrons. The number of amides is 1. The van der Waals surface area contributed by atoms with Crippen molar-refractivity contribution in [3.8, 4) is 0 Å². The lowest BCUT2D eigenvalue weighted by Crippen LogP contribution is -3.08. The van der Waals surface area contributed by atoms with E-state index in [9.17, 15) is 4.79 Å². The van der Waals surface area contributed by atoms with Crippen molar-refractivity contribution in [2.75, 3.05) is 20.1 Å². The van der Waals surface area contributed by atoms with E-state index in [4.69, 9.17) is 23.2 Å². The molecular formula is C17H21Cl2N2OS+. The van der Waals surface area contributed by atoms with Crippen LogP contribution < -0.4 is 10.2 Å². The molecule has 2 rings (SSSR count). The normalized spacial score (nSPS) is 12.2. The maximum absolute atomic E-state index is 12.0. The van der Waals surface area contributed by atoms with Crippen molar-refractivity contribution in [3.63, 3.8) is 0 Å². The number of hydrogen-bond acceptors (Lipinski definition) is 2. The van der Waals surface area contributed by atoms with E-state index in [1.54, 1.807) is 17.4 Å². The van der Waals surface area contributed by atoms with Gasteiger partial charge in [0.15, 0.2) is 6.54 Å². The van der Waals surface area contributed by atoms with Crippen LogP contribution in [-0.2, 0) is 17.8 Å². The number of nitrogens with one attached hydrogen (secondary N) is 2. The van der Waals surface area contributed by atoms with Crippen LogP contribution in [0.2, 0.25) is 10.0 Å². The van der Waals surface area contributed by atoms with Gasteiger partial charge in [-0.3, -0.25) is 4.79 Å². The number of carbonyl (C=O) groups is 1. The maximum atomic E-state index is 12.0. The Bertz CT molecular complexity index is 672. The van der Waals surface area contributed by atoms with Gasteiger partial charge in [0.2, 0.25) is 0 Å². The van der Waals surface area contributed by atoms with Crippen LogP contribution in [0.15, 0.2) is 29.6 Å². The summed E-state index contributed by atoms with van der Waals surface area (Å²) in [4.78, 5) is 14.5. The molecule has 0 spiro atoms. The zero-order chi connectivity index (χ0) is 16.8. The molecule has 0 aliphatic heterocycles. The second kappa shape index (κ2) is 8.69. The van der Waals surface area contributed by atoms with E-state index in [1.165, 1.54) is 15.3 Å². The van der Waals surface area contributed by atoms with Crippen LogP contribution in [0.1, 0.15) is 16.0 Å². The summed E-state index contributed by atoms with van der Waals surface area (Å²) in [5, 5.41) is 6.30. The van der Waals surface area contributed by atoms with Gasteiger partial charge in [-0.25, -0.2) is 0 Å². The third-order valence-corrected chi connectivity index (χ3v) is 5.23. The Balaban J connectivity index is 1.73. The Labute approximate surface area is 151 Å². The van der Waals surface area contributed by atoms with Crippen molar-refractivity contribution in [1.29, 1.82) is 0 Å². The van der Waals surface area contributed by atoms with Crippen molar-refractivity contribution in [2.24, 2.45) is 0 Å². The van der Waals surface area contributed by atoms with Gasteiger partial charge in [-0.05, 0) is 48.1 Å². The number of quaternary nitrogens is 1. The number of carbonyl (C=O) groups excluding carboxylic acids is 1. The van der Waals surface area contributed by atoms with Crippen LogP contribution >= 0.6 is 34.5 Å². The summed E-state index contributed by atoms with van der Waals surface area (Å²) in [6, 6.07) is 7.55. The number of thiophene rings is 1. The number of likely N-dealkylation sites (N-methyl/N-ethyl adjacent to an activating group) is 1. The number of hydrogen-bond donors (Lipinski definition) is 2. The van der Waals surface area contributed by atoms with Crippen LogP contribution in [-0.4, -0.2) is 26.0 Å². The van der Waals surface area contributed by atoms with Gasteiger partial charge in [0.1, 0.15) is 6.54 Å². The number of halogens is 2. The summed E-state index contributed by atoms with van der Waals surface area (Å²) >= 11 is 13.7. The smallest absolute Gasteiger partial charge is 0.275 e. The third-order valence-electron chi connectivity index (χ3n) is 3.62. The quantitative estimate of drug-likeness (QED) is 0.770. The minimum Gasteiger partial charge on any atom is -0.351 e. The number of benzene rings is 1. The topological polar surface area (TPSA) is 33.5 Å². The molecule has 0 bridgehead atoms. The zero-order valence-electron chi connectivity index (χ0n) is 13.3. The van der Waals surface area contributed by atoms with Gasteiger partial charge in [-0.1, -0.05) is 29.3 Å².